The number of carbonyl (C=O) groups excluding carboxylic acids is 1. The molecule has 1 heterocycles. The second kappa shape index (κ2) is 7.83. The van der Waals surface area contributed by atoms with E-state index in [4.69, 9.17) is 5.41 Å². The molecule has 0 bridgehead atoms. The van der Waals surface area contributed by atoms with Gasteiger partial charge in [0, 0.05) is 11.8 Å². The Morgan fingerprint density at radius 2 is 1.71 bits per heavy atom. The molecule has 154 valence electrons. The Balaban J connectivity index is 1.86. The van der Waals surface area contributed by atoms with E-state index in [0.29, 0.717) is 18.7 Å². The van der Waals surface area contributed by atoms with E-state index < -0.39 is 28.9 Å². The van der Waals surface area contributed by atoms with Gasteiger partial charge in [-0.25, -0.2) is 0 Å². The van der Waals surface area contributed by atoms with Gasteiger partial charge in [-0.3, -0.25) is 0 Å². The van der Waals surface area contributed by atoms with Gasteiger partial charge in [0.1, 0.15) is 0 Å². The van der Waals surface area contributed by atoms with Crippen LogP contribution in [0.25, 0.3) is 11.1 Å². The summed E-state index contributed by atoms with van der Waals surface area (Å²) in [5, 5.41) is 40.7. The van der Waals surface area contributed by atoms with Crippen molar-refractivity contribution in [1.82, 2.24) is 0 Å². The first kappa shape index (κ1) is 20.5. The highest BCUT2D eigenvalue weighted by Gasteiger charge is 2.58. The largest absolute Gasteiger partial charge is 0.549 e. The van der Waals surface area contributed by atoms with E-state index in [1.165, 1.54) is 0 Å². The topological polar surface area (TPSA) is 116 Å². The Labute approximate surface area is 181 Å². The Bertz CT molecular complexity index is 1120. The van der Waals surface area contributed by atoms with E-state index in [0.717, 1.165) is 21.6 Å². The molecule has 1 aliphatic heterocycles. The number of quaternary nitrogens is 1. The summed E-state index contributed by atoms with van der Waals surface area (Å²) in [6.07, 6.45) is 1.85. The molecule has 2 aromatic carbocycles. The van der Waals surface area contributed by atoms with Crippen LogP contribution >= 0.6 is 0 Å². The van der Waals surface area contributed by atoms with Crippen molar-refractivity contribution in [3.8, 4) is 23.3 Å². The fourth-order valence-electron chi connectivity index (χ4n) is 5.06. The second-order valence-electron chi connectivity index (χ2n) is 8.34. The average molecular weight is 410 g/mol. The minimum atomic E-state index is -1.86. The predicted octanol–water partition coefficient (Wildman–Crippen LogP) is 0.941. The third-order valence-electron chi connectivity index (χ3n) is 6.56. The lowest BCUT2D eigenvalue weighted by molar-refractivity contribution is -0.878. The van der Waals surface area contributed by atoms with E-state index in [1.807, 2.05) is 79.9 Å². The molecular weight excluding hydrogens is 388 g/mol. The summed E-state index contributed by atoms with van der Waals surface area (Å²) < 4.78 is 0. The van der Waals surface area contributed by atoms with Crippen LogP contribution < -0.4 is 10.0 Å². The molecule has 0 saturated heterocycles. The fourth-order valence-corrected chi connectivity index (χ4v) is 5.06. The Morgan fingerprint density at radius 3 is 2.29 bits per heavy atom. The van der Waals surface area contributed by atoms with Crippen molar-refractivity contribution >= 4 is 11.7 Å². The quantitative estimate of drug-likeness (QED) is 0.733. The summed E-state index contributed by atoms with van der Waals surface area (Å²) in [4.78, 5) is 13.1. The van der Waals surface area contributed by atoms with Crippen LogP contribution in [0, 0.1) is 45.3 Å². The number of carboxylic acid groups (broad SMARTS) is 1. The van der Waals surface area contributed by atoms with Crippen molar-refractivity contribution in [2.24, 2.45) is 17.3 Å². The number of nitrogens with one attached hydrogen (secondary N) is 2. The number of aliphatic carboxylic acids is 1. The molecule has 0 spiro atoms. The van der Waals surface area contributed by atoms with Crippen LogP contribution in [0.5, 0.6) is 0 Å². The normalized spacial score (nSPS) is 26.7. The third-order valence-corrected chi connectivity index (χ3v) is 6.56. The Morgan fingerprint density at radius 1 is 1.10 bits per heavy atom. The van der Waals surface area contributed by atoms with Gasteiger partial charge < -0.3 is 20.2 Å². The zero-order chi connectivity index (χ0) is 22.2. The van der Waals surface area contributed by atoms with Crippen molar-refractivity contribution in [3.63, 3.8) is 0 Å². The molecule has 2 aromatic rings. The molecule has 0 amide bonds. The molecule has 6 heteroatoms. The Hall–Kier alpha value is -3.74. The van der Waals surface area contributed by atoms with Crippen molar-refractivity contribution in [1.29, 1.82) is 15.9 Å². The van der Waals surface area contributed by atoms with E-state index in [9.17, 15) is 20.4 Å². The summed E-state index contributed by atoms with van der Waals surface area (Å²) in [5.41, 5.74) is 1.15. The lowest BCUT2D eigenvalue weighted by Gasteiger charge is -2.48. The summed E-state index contributed by atoms with van der Waals surface area (Å²) in [7, 11) is 2.00. The van der Waals surface area contributed by atoms with Gasteiger partial charge in [-0.1, -0.05) is 54.6 Å². The van der Waals surface area contributed by atoms with Crippen LogP contribution in [-0.2, 0) is 4.79 Å². The van der Waals surface area contributed by atoms with E-state index in [-0.39, 0.29) is 5.92 Å². The fraction of sp³-hybridized carbons (Fsp3) is 0.280. The minimum Gasteiger partial charge on any atom is -0.549 e. The van der Waals surface area contributed by atoms with Gasteiger partial charge in [0.05, 0.1) is 49.9 Å². The van der Waals surface area contributed by atoms with Gasteiger partial charge in [-0.05, 0) is 28.3 Å². The van der Waals surface area contributed by atoms with Gasteiger partial charge in [0.15, 0.2) is 5.41 Å². The lowest BCUT2D eigenvalue weighted by atomic mass is 9.54. The molecule has 1 saturated carbocycles. The van der Waals surface area contributed by atoms with Crippen LogP contribution in [0.4, 0.5) is 0 Å². The highest BCUT2D eigenvalue weighted by molar-refractivity contribution is 6.09. The zero-order valence-corrected chi connectivity index (χ0v) is 17.1. The highest BCUT2D eigenvalue weighted by atomic mass is 16.4. The minimum absolute atomic E-state index is 0.340. The van der Waals surface area contributed by atoms with E-state index in [1.54, 1.807) is 0 Å². The number of likely N-dealkylation sites (N-methyl/N-ethyl adjacent to an activating group) is 1. The molecule has 1 fully saturated rings. The van der Waals surface area contributed by atoms with Crippen LogP contribution in [0.3, 0.4) is 0 Å². The SMILES string of the molecule is C[NH+]1CC=C2C(C(=O)[O-])C(=N)C(C#N)(C#N)[C@@H](c3ccc(-c4ccccc4)cc3)[C@H]2C1. The van der Waals surface area contributed by atoms with Gasteiger partial charge in [-0.2, -0.15) is 10.5 Å². The predicted molar refractivity (Wildman–Crippen MR) is 113 cm³/mol. The lowest BCUT2D eigenvalue weighted by Crippen LogP contribution is -3.10. The molecule has 1 aliphatic carbocycles. The summed E-state index contributed by atoms with van der Waals surface area (Å²) >= 11 is 0. The molecule has 2 N–H and O–H groups in total. The summed E-state index contributed by atoms with van der Waals surface area (Å²) in [6.45, 7) is 1.22. The van der Waals surface area contributed by atoms with Crippen molar-refractivity contribution < 1.29 is 14.8 Å². The monoisotopic (exact) mass is 410 g/mol. The molecular formula is C25H22N4O2. The standard InChI is InChI=1S/C25H22N4O2/c1-29-12-11-19-20(13-29)22(25(14-26,15-27)23(28)21(19)24(30)31)18-9-7-17(8-10-18)16-5-3-2-4-6-16/h2-11,20-22,28H,12-13H2,1H3,(H,30,31)/t20-,21?,22-/m0/s1. The maximum absolute atomic E-state index is 11.9. The number of nitriles is 2. The molecule has 4 rings (SSSR count). The van der Waals surface area contributed by atoms with Crippen LogP contribution in [0.15, 0.2) is 66.2 Å². The first-order chi connectivity index (χ1) is 14.9. The second-order valence-corrected chi connectivity index (χ2v) is 8.34. The zero-order valence-electron chi connectivity index (χ0n) is 17.1. The maximum atomic E-state index is 11.9. The molecule has 6 nitrogen and oxygen atoms in total. The van der Waals surface area contributed by atoms with Crippen molar-refractivity contribution in [3.05, 3.63) is 71.8 Å². The van der Waals surface area contributed by atoms with E-state index >= 15 is 0 Å². The highest BCUT2D eigenvalue weighted by Crippen LogP contribution is 2.52. The number of fused-ring (bicyclic) bond motifs is 1. The van der Waals surface area contributed by atoms with E-state index in [2.05, 4.69) is 0 Å². The molecule has 4 atom stereocenters. The Kier molecular flexibility index (Phi) is 5.19. The van der Waals surface area contributed by atoms with Crippen LogP contribution in [0.2, 0.25) is 0 Å². The number of benzene rings is 2. The van der Waals surface area contributed by atoms with Crippen molar-refractivity contribution in [2.75, 3.05) is 20.1 Å². The smallest absolute Gasteiger partial charge is 0.189 e. The molecule has 2 unspecified atom stereocenters. The number of hydrogen-bond donors (Lipinski definition) is 2. The van der Waals surface area contributed by atoms with Crippen molar-refractivity contribution in [2.45, 2.75) is 5.92 Å². The average Bonchev–Trinajstić information content (AvgIpc) is 2.79. The first-order valence-corrected chi connectivity index (χ1v) is 10.2. The summed E-state index contributed by atoms with van der Waals surface area (Å²) in [6, 6.07) is 21.6. The molecule has 2 aliphatic rings. The number of rotatable bonds is 3. The van der Waals surface area contributed by atoms with Crippen LogP contribution in [0.1, 0.15) is 11.5 Å². The number of hydrogen-bond acceptors (Lipinski definition) is 5. The summed E-state index contributed by atoms with van der Waals surface area (Å²) in [5.74, 6) is -3.73. The number of carboxylic acids is 1. The first-order valence-electron chi connectivity index (χ1n) is 10.2. The van der Waals surface area contributed by atoms with Gasteiger partial charge in [-0.15, -0.1) is 0 Å². The number of nitrogens with zero attached hydrogens (tertiary/aromatic N) is 2. The van der Waals surface area contributed by atoms with Gasteiger partial charge in [0.25, 0.3) is 0 Å². The molecule has 0 radical (unpaired) electrons. The number of carbonyl (C=O) groups is 1. The van der Waals surface area contributed by atoms with Crippen LogP contribution in [-0.4, -0.2) is 31.8 Å². The molecule has 31 heavy (non-hydrogen) atoms. The third kappa shape index (κ3) is 3.22. The maximum Gasteiger partial charge on any atom is 0.189 e. The molecule has 0 aromatic heterocycles. The van der Waals surface area contributed by atoms with Gasteiger partial charge in [0.2, 0.25) is 0 Å². The van der Waals surface area contributed by atoms with Gasteiger partial charge >= 0.3 is 0 Å².